The molecule has 2 aliphatic carbocycles. The van der Waals surface area contributed by atoms with Gasteiger partial charge in [-0.2, -0.15) is 0 Å². The van der Waals surface area contributed by atoms with Gasteiger partial charge in [0, 0.05) is 16.5 Å². The van der Waals surface area contributed by atoms with Crippen molar-refractivity contribution in [2.45, 2.75) is 26.4 Å². The zero-order valence-corrected chi connectivity index (χ0v) is 23.2. The molecule has 1 saturated carbocycles. The summed E-state index contributed by atoms with van der Waals surface area (Å²) < 4.78 is 5.66. The number of ketones is 1. The number of benzene rings is 3. The summed E-state index contributed by atoms with van der Waals surface area (Å²) in [7, 11) is 0. The third-order valence-electron chi connectivity index (χ3n) is 8.79. The van der Waals surface area contributed by atoms with Gasteiger partial charge >= 0.3 is 5.97 Å². The van der Waals surface area contributed by atoms with Crippen LogP contribution in [0.25, 0.3) is 22.2 Å². The number of aromatic nitrogens is 1. The Labute approximate surface area is 242 Å². The van der Waals surface area contributed by atoms with Gasteiger partial charge in [0.15, 0.2) is 6.10 Å². The van der Waals surface area contributed by atoms with E-state index in [-0.39, 0.29) is 41.3 Å². The maximum Gasteiger partial charge on any atom is 0.339 e. The molecule has 3 aromatic carbocycles. The van der Waals surface area contributed by atoms with Crippen LogP contribution < -0.4 is 4.90 Å². The molecule has 5 unspecified atom stereocenters. The molecule has 3 aliphatic rings. The van der Waals surface area contributed by atoms with Gasteiger partial charge in [-0.3, -0.25) is 19.3 Å². The molecule has 1 aromatic heterocycles. The molecule has 0 N–H and O–H groups in total. The fourth-order valence-electron chi connectivity index (χ4n) is 6.71. The van der Waals surface area contributed by atoms with Gasteiger partial charge < -0.3 is 4.74 Å². The SMILES string of the molecule is Cc1ccc2nc(-c3ccc(N4C(=O)C5C6C=CC(C6)C5C4=O)cc3)cc(C(=O)OC(C)C(=O)c3ccccc3)c2c1. The van der Waals surface area contributed by atoms with Gasteiger partial charge in [-0.15, -0.1) is 0 Å². The lowest BCUT2D eigenvalue weighted by Gasteiger charge is -2.18. The average Bonchev–Trinajstić information content (AvgIpc) is 3.70. The summed E-state index contributed by atoms with van der Waals surface area (Å²) in [6, 6.07) is 23.1. The van der Waals surface area contributed by atoms with Gasteiger partial charge in [-0.1, -0.05) is 66.2 Å². The van der Waals surface area contributed by atoms with E-state index >= 15 is 0 Å². The van der Waals surface area contributed by atoms with Gasteiger partial charge in [0.2, 0.25) is 17.6 Å². The van der Waals surface area contributed by atoms with Crippen LogP contribution in [0, 0.1) is 30.6 Å². The van der Waals surface area contributed by atoms with Crippen LogP contribution in [0.2, 0.25) is 0 Å². The van der Waals surface area contributed by atoms with Gasteiger partial charge in [0.25, 0.3) is 0 Å². The fraction of sp³-hybridized carbons (Fsp3) is 0.229. The van der Waals surface area contributed by atoms with Crippen molar-refractivity contribution in [2.75, 3.05) is 4.90 Å². The van der Waals surface area contributed by atoms with Gasteiger partial charge in [0.1, 0.15) is 0 Å². The molecule has 7 nitrogen and oxygen atoms in total. The lowest BCUT2D eigenvalue weighted by molar-refractivity contribution is -0.123. The Kier molecular flexibility index (Phi) is 6.12. The van der Waals surface area contributed by atoms with Crippen molar-refractivity contribution in [2.24, 2.45) is 23.7 Å². The largest absolute Gasteiger partial charge is 0.451 e. The number of carbonyl (C=O) groups is 4. The standard InChI is InChI=1S/C35H28N2O5/c1-19-8-15-28-26(16-19)27(35(41)42-20(2)32(38)22-6-4-3-5-7-22)18-29(36-28)21-11-13-25(14-12-21)37-33(39)30-23-9-10-24(17-23)31(30)34(37)40/h3-16,18,20,23-24,30-31H,17H2,1-2H3. The van der Waals surface area contributed by atoms with E-state index in [1.54, 1.807) is 61.5 Å². The van der Waals surface area contributed by atoms with Crippen molar-refractivity contribution >= 4 is 40.2 Å². The molecule has 2 fully saturated rings. The molecule has 42 heavy (non-hydrogen) atoms. The van der Waals surface area contributed by atoms with Crippen LogP contribution in [-0.4, -0.2) is 34.7 Å². The van der Waals surface area contributed by atoms with E-state index in [2.05, 4.69) is 12.2 Å². The van der Waals surface area contributed by atoms with Crippen molar-refractivity contribution in [1.29, 1.82) is 0 Å². The molecule has 7 heteroatoms. The number of anilines is 1. The molecule has 2 amide bonds. The lowest BCUT2D eigenvalue weighted by atomic mass is 9.85. The van der Waals surface area contributed by atoms with Crippen LogP contribution in [0.5, 0.6) is 0 Å². The number of allylic oxidation sites excluding steroid dienone is 2. The molecule has 7 rings (SSSR count). The number of fused-ring (bicyclic) bond motifs is 6. The summed E-state index contributed by atoms with van der Waals surface area (Å²) in [6.07, 6.45) is 4.07. The summed E-state index contributed by atoms with van der Waals surface area (Å²) in [6.45, 7) is 3.50. The number of carbonyl (C=O) groups excluding carboxylic acids is 4. The van der Waals surface area contributed by atoms with Crippen molar-refractivity contribution < 1.29 is 23.9 Å². The number of ether oxygens (including phenoxy) is 1. The number of pyridine rings is 1. The number of hydrogen-bond acceptors (Lipinski definition) is 6. The molecule has 1 aliphatic heterocycles. The zero-order valence-electron chi connectivity index (χ0n) is 23.2. The number of Topliss-reactive ketones (excluding diaryl/α,β-unsaturated/α-hetero) is 1. The van der Waals surface area contributed by atoms with E-state index in [4.69, 9.17) is 9.72 Å². The number of imide groups is 1. The maximum atomic E-state index is 13.5. The number of rotatable bonds is 6. The normalized spacial score (nSPS) is 23.0. The van der Waals surface area contributed by atoms with E-state index in [0.717, 1.165) is 12.0 Å². The highest BCUT2D eigenvalue weighted by atomic mass is 16.5. The Bertz CT molecular complexity index is 1780. The van der Waals surface area contributed by atoms with Gasteiger partial charge in [-0.05, 0) is 62.4 Å². The first kappa shape index (κ1) is 26.0. The van der Waals surface area contributed by atoms with E-state index in [1.807, 2.05) is 31.2 Å². The van der Waals surface area contributed by atoms with Crippen molar-refractivity contribution in [1.82, 2.24) is 4.98 Å². The highest BCUT2D eigenvalue weighted by molar-refractivity contribution is 6.23. The Morgan fingerprint density at radius 2 is 1.55 bits per heavy atom. The minimum atomic E-state index is -0.976. The lowest BCUT2D eigenvalue weighted by Crippen LogP contribution is -2.32. The van der Waals surface area contributed by atoms with Crippen molar-refractivity contribution in [3.05, 3.63) is 108 Å². The van der Waals surface area contributed by atoms with Crippen LogP contribution in [0.4, 0.5) is 5.69 Å². The maximum absolute atomic E-state index is 13.5. The third-order valence-corrected chi connectivity index (χ3v) is 8.79. The molecule has 2 heterocycles. The Hall–Kier alpha value is -4.91. The molecule has 0 spiro atoms. The summed E-state index contributed by atoms with van der Waals surface area (Å²) in [5.74, 6) is -1.38. The number of hydrogen-bond donors (Lipinski definition) is 0. The van der Waals surface area contributed by atoms with Crippen LogP contribution in [0.3, 0.4) is 0 Å². The third kappa shape index (κ3) is 4.15. The predicted molar refractivity (Wildman–Crippen MR) is 158 cm³/mol. The zero-order chi connectivity index (χ0) is 29.1. The minimum absolute atomic E-state index is 0.127. The molecular formula is C35H28N2O5. The van der Waals surface area contributed by atoms with Crippen LogP contribution >= 0.6 is 0 Å². The first-order valence-electron chi connectivity index (χ1n) is 14.2. The molecule has 0 radical (unpaired) electrons. The highest BCUT2D eigenvalue weighted by Gasteiger charge is 2.59. The topological polar surface area (TPSA) is 93.6 Å². The molecule has 1 saturated heterocycles. The van der Waals surface area contributed by atoms with E-state index in [1.165, 1.54) is 4.90 Å². The van der Waals surface area contributed by atoms with Gasteiger partial charge in [0.05, 0.1) is 34.3 Å². The molecule has 2 bridgehead atoms. The molecular weight excluding hydrogens is 528 g/mol. The summed E-state index contributed by atoms with van der Waals surface area (Å²) in [4.78, 5) is 58.9. The molecule has 5 atom stereocenters. The second kappa shape index (κ2) is 9.87. The average molecular weight is 557 g/mol. The van der Waals surface area contributed by atoms with E-state index < -0.39 is 12.1 Å². The summed E-state index contributed by atoms with van der Waals surface area (Å²) in [5.41, 5.74) is 4.11. The van der Waals surface area contributed by atoms with Crippen LogP contribution in [0.15, 0.2) is 91.0 Å². The highest BCUT2D eigenvalue weighted by Crippen LogP contribution is 2.53. The summed E-state index contributed by atoms with van der Waals surface area (Å²) in [5, 5.41) is 0.628. The van der Waals surface area contributed by atoms with E-state index in [9.17, 15) is 19.2 Å². The quantitative estimate of drug-likeness (QED) is 0.126. The first-order chi connectivity index (χ1) is 20.3. The monoisotopic (exact) mass is 556 g/mol. The Morgan fingerprint density at radius 3 is 2.21 bits per heavy atom. The predicted octanol–water partition coefficient (Wildman–Crippen LogP) is 5.95. The Morgan fingerprint density at radius 1 is 0.881 bits per heavy atom. The fourth-order valence-corrected chi connectivity index (χ4v) is 6.71. The van der Waals surface area contributed by atoms with Crippen LogP contribution in [0.1, 0.15) is 39.6 Å². The molecule has 208 valence electrons. The minimum Gasteiger partial charge on any atom is -0.451 e. The van der Waals surface area contributed by atoms with Crippen molar-refractivity contribution in [3.63, 3.8) is 0 Å². The molecule has 4 aromatic rings. The first-order valence-corrected chi connectivity index (χ1v) is 14.2. The van der Waals surface area contributed by atoms with Crippen molar-refractivity contribution in [3.8, 4) is 11.3 Å². The number of aryl methyl sites for hydroxylation is 1. The van der Waals surface area contributed by atoms with E-state index in [0.29, 0.717) is 39.0 Å². The number of nitrogens with zero attached hydrogens (tertiary/aromatic N) is 2. The second-order valence-electron chi connectivity index (χ2n) is 11.4. The Balaban J connectivity index is 1.19. The number of amides is 2. The smallest absolute Gasteiger partial charge is 0.339 e. The van der Waals surface area contributed by atoms with Crippen LogP contribution in [-0.2, 0) is 14.3 Å². The number of esters is 1. The second-order valence-corrected chi connectivity index (χ2v) is 11.4. The summed E-state index contributed by atoms with van der Waals surface area (Å²) >= 11 is 0. The van der Waals surface area contributed by atoms with Gasteiger partial charge in [-0.25, -0.2) is 9.78 Å².